The zero-order valence-corrected chi connectivity index (χ0v) is 19.1. The highest BCUT2D eigenvalue weighted by molar-refractivity contribution is 7.89. The Morgan fingerprint density at radius 3 is 2.26 bits per heavy atom. The Hall–Kier alpha value is -2.46. The number of carbonyl (C=O) groups excluding carboxylic acids is 3. The Morgan fingerprint density at radius 1 is 1.03 bits per heavy atom. The van der Waals surface area contributed by atoms with Gasteiger partial charge < -0.3 is 14.5 Å². The number of benzene rings is 1. The van der Waals surface area contributed by atoms with Crippen molar-refractivity contribution < 1.29 is 27.5 Å². The molecule has 31 heavy (non-hydrogen) atoms. The Kier molecular flexibility index (Phi) is 9.00. The van der Waals surface area contributed by atoms with Gasteiger partial charge in [-0.3, -0.25) is 9.59 Å². The van der Waals surface area contributed by atoms with E-state index >= 15 is 0 Å². The highest BCUT2D eigenvalue weighted by Gasteiger charge is 2.23. The van der Waals surface area contributed by atoms with Gasteiger partial charge in [0.05, 0.1) is 11.5 Å². The fourth-order valence-corrected chi connectivity index (χ4v) is 4.11. The summed E-state index contributed by atoms with van der Waals surface area (Å²) in [6.45, 7) is 7.45. The van der Waals surface area contributed by atoms with Crippen LogP contribution in [0.2, 0.25) is 0 Å². The van der Waals surface area contributed by atoms with Gasteiger partial charge in [0.25, 0.3) is 0 Å². The van der Waals surface area contributed by atoms with Gasteiger partial charge in [0, 0.05) is 44.7 Å². The maximum Gasteiger partial charge on any atom is 0.409 e. The van der Waals surface area contributed by atoms with Crippen LogP contribution < -0.4 is 4.72 Å². The predicted octanol–water partition coefficient (Wildman–Crippen LogP) is 1.88. The van der Waals surface area contributed by atoms with E-state index in [4.69, 9.17) is 4.74 Å². The summed E-state index contributed by atoms with van der Waals surface area (Å²) >= 11 is 0. The second-order valence-corrected chi connectivity index (χ2v) is 9.69. The first-order valence-electron chi connectivity index (χ1n) is 10.4. The SMILES string of the molecule is CC(=O)c1ccc(S(=O)(=O)NCCC(=O)N2CCCN(C(=O)OCC(C)C)CC2)cc1. The number of hydrogen-bond acceptors (Lipinski definition) is 6. The number of ether oxygens (including phenoxy) is 1. The maximum atomic E-state index is 12.5. The second-order valence-electron chi connectivity index (χ2n) is 7.92. The van der Waals surface area contributed by atoms with Crippen molar-refractivity contribution in [2.45, 2.75) is 38.5 Å². The van der Waals surface area contributed by atoms with Crippen molar-refractivity contribution in [2.24, 2.45) is 5.92 Å². The lowest BCUT2D eigenvalue weighted by Gasteiger charge is -2.22. The Morgan fingerprint density at radius 2 is 1.65 bits per heavy atom. The summed E-state index contributed by atoms with van der Waals surface area (Å²) in [5, 5.41) is 0. The number of rotatable bonds is 8. The minimum Gasteiger partial charge on any atom is -0.449 e. The lowest BCUT2D eigenvalue weighted by atomic mass is 10.2. The number of nitrogens with one attached hydrogen (secondary N) is 1. The summed E-state index contributed by atoms with van der Waals surface area (Å²) in [5.74, 6) is -0.0661. The maximum absolute atomic E-state index is 12.5. The summed E-state index contributed by atoms with van der Waals surface area (Å²) in [4.78, 5) is 39.2. The van der Waals surface area contributed by atoms with Gasteiger partial charge >= 0.3 is 6.09 Å². The average molecular weight is 454 g/mol. The number of carbonyl (C=O) groups is 3. The molecule has 2 rings (SSSR count). The average Bonchev–Trinajstić information content (AvgIpc) is 2.98. The van der Waals surface area contributed by atoms with Gasteiger partial charge in [-0.2, -0.15) is 0 Å². The normalized spacial score (nSPS) is 15.0. The molecule has 1 aromatic carbocycles. The van der Waals surface area contributed by atoms with Gasteiger partial charge in [-0.05, 0) is 31.4 Å². The van der Waals surface area contributed by atoms with Crippen molar-refractivity contribution in [1.29, 1.82) is 0 Å². The first-order chi connectivity index (χ1) is 14.6. The molecule has 10 heteroatoms. The molecule has 0 saturated carbocycles. The molecule has 0 aromatic heterocycles. The summed E-state index contributed by atoms with van der Waals surface area (Å²) < 4.78 is 32.4. The summed E-state index contributed by atoms with van der Waals surface area (Å²) in [6.07, 6.45) is 0.283. The number of sulfonamides is 1. The molecule has 0 spiro atoms. The molecule has 0 aliphatic carbocycles. The van der Waals surface area contributed by atoms with Crippen molar-refractivity contribution >= 4 is 27.8 Å². The van der Waals surface area contributed by atoms with E-state index in [1.165, 1.54) is 31.2 Å². The number of nitrogens with zero attached hydrogens (tertiary/aromatic N) is 2. The number of amides is 2. The van der Waals surface area contributed by atoms with E-state index in [1.807, 2.05) is 13.8 Å². The van der Waals surface area contributed by atoms with Gasteiger partial charge in [0.1, 0.15) is 0 Å². The molecule has 172 valence electrons. The number of hydrogen-bond donors (Lipinski definition) is 1. The molecule has 0 unspecified atom stereocenters. The van der Waals surface area contributed by atoms with E-state index in [2.05, 4.69) is 4.72 Å². The minimum absolute atomic E-state index is 0.0164. The zero-order valence-electron chi connectivity index (χ0n) is 18.3. The van der Waals surface area contributed by atoms with Crippen molar-refractivity contribution in [1.82, 2.24) is 14.5 Å². The number of Topliss-reactive ketones (excluding diaryl/α,β-unsaturated/α-hetero) is 1. The molecular formula is C21H31N3O6S. The van der Waals surface area contributed by atoms with Crippen LogP contribution in [0.15, 0.2) is 29.2 Å². The summed E-state index contributed by atoms with van der Waals surface area (Å²) in [6, 6.07) is 5.64. The van der Waals surface area contributed by atoms with Crippen LogP contribution in [0.1, 0.15) is 44.0 Å². The molecule has 1 heterocycles. The van der Waals surface area contributed by atoms with Gasteiger partial charge in [-0.15, -0.1) is 0 Å². The Balaban J connectivity index is 1.81. The van der Waals surface area contributed by atoms with Gasteiger partial charge in [-0.1, -0.05) is 26.0 Å². The molecule has 0 atom stereocenters. The Bertz CT molecular complexity index is 883. The molecule has 2 amide bonds. The third-order valence-corrected chi connectivity index (χ3v) is 6.33. The molecule has 1 aliphatic heterocycles. The van der Waals surface area contributed by atoms with Crippen molar-refractivity contribution in [3.63, 3.8) is 0 Å². The van der Waals surface area contributed by atoms with E-state index in [-0.39, 0.29) is 41.6 Å². The van der Waals surface area contributed by atoms with Crippen LogP contribution in [0.4, 0.5) is 4.79 Å². The predicted molar refractivity (Wildman–Crippen MR) is 115 cm³/mol. The lowest BCUT2D eigenvalue weighted by molar-refractivity contribution is -0.130. The molecular weight excluding hydrogens is 422 g/mol. The minimum atomic E-state index is -3.77. The van der Waals surface area contributed by atoms with E-state index in [1.54, 1.807) is 9.80 Å². The molecule has 0 radical (unpaired) electrons. The van der Waals surface area contributed by atoms with E-state index in [0.717, 1.165) is 0 Å². The zero-order chi connectivity index (χ0) is 23.0. The molecule has 1 fully saturated rings. The van der Waals surface area contributed by atoms with Crippen LogP contribution in [0.5, 0.6) is 0 Å². The van der Waals surface area contributed by atoms with Gasteiger partial charge in [-0.25, -0.2) is 17.9 Å². The van der Waals surface area contributed by atoms with Crippen LogP contribution in [0.25, 0.3) is 0 Å². The fourth-order valence-electron chi connectivity index (χ4n) is 3.08. The van der Waals surface area contributed by atoms with Crippen LogP contribution in [-0.2, 0) is 19.6 Å². The third kappa shape index (κ3) is 7.62. The first kappa shape index (κ1) is 24.8. The van der Waals surface area contributed by atoms with E-state index < -0.39 is 10.0 Å². The van der Waals surface area contributed by atoms with E-state index in [9.17, 15) is 22.8 Å². The fraction of sp³-hybridized carbons (Fsp3) is 0.571. The van der Waals surface area contributed by atoms with Crippen LogP contribution >= 0.6 is 0 Å². The third-order valence-electron chi connectivity index (χ3n) is 4.85. The van der Waals surface area contributed by atoms with Gasteiger partial charge in [0.15, 0.2) is 5.78 Å². The van der Waals surface area contributed by atoms with Crippen molar-refractivity contribution in [3.05, 3.63) is 29.8 Å². The molecule has 1 aliphatic rings. The molecule has 1 N–H and O–H groups in total. The summed E-state index contributed by atoms with van der Waals surface area (Å²) in [7, 11) is -3.77. The van der Waals surface area contributed by atoms with Crippen LogP contribution in [-0.4, -0.2) is 75.3 Å². The lowest BCUT2D eigenvalue weighted by Crippen LogP contribution is -2.39. The van der Waals surface area contributed by atoms with Gasteiger partial charge in [0.2, 0.25) is 15.9 Å². The summed E-state index contributed by atoms with van der Waals surface area (Å²) in [5.41, 5.74) is 0.428. The van der Waals surface area contributed by atoms with Crippen LogP contribution in [0.3, 0.4) is 0 Å². The molecule has 1 aromatic rings. The first-order valence-corrected chi connectivity index (χ1v) is 11.9. The highest BCUT2D eigenvalue weighted by atomic mass is 32.2. The topological polar surface area (TPSA) is 113 Å². The quantitative estimate of drug-likeness (QED) is 0.602. The molecule has 1 saturated heterocycles. The standard InChI is InChI=1S/C21H31N3O6S/c1-16(2)15-30-21(27)24-12-4-11-23(13-14-24)20(26)9-10-22-31(28,29)19-7-5-18(6-8-19)17(3)25/h5-8,16,22H,4,9-15H2,1-3H3. The van der Waals surface area contributed by atoms with E-state index in [0.29, 0.717) is 44.8 Å². The highest BCUT2D eigenvalue weighted by Crippen LogP contribution is 2.12. The number of ketones is 1. The monoisotopic (exact) mass is 453 g/mol. The smallest absolute Gasteiger partial charge is 0.409 e. The van der Waals surface area contributed by atoms with Crippen molar-refractivity contribution in [2.75, 3.05) is 39.3 Å². The largest absolute Gasteiger partial charge is 0.449 e. The van der Waals surface area contributed by atoms with Crippen molar-refractivity contribution in [3.8, 4) is 0 Å². The van der Waals surface area contributed by atoms with Crippen LogP contribution in [0, 0.1) is 5.92 Å². The molecule has 9 nitrogen and oxygen atoms in total. The Labute approximate surface area is 183 Å². The molecule has 0 bridgehead atoms. The second kappa shape index (κ2) is 11.2.